The molecule has 2 rings (SSSR count). The van der Waals surface area contributed by atoms with Crippen LogP contribution in [0.15, 0.2) is 0 Å². The van der Waals surface area contributed by atoms with Crippen LogP contribution in [-0.2, 0) is 0 Å². The van der Waals surface area contributed by atoms with Gasteiger partial charge in [-0.25, -0.2) is 0 Å². The van der Waals surface area contributed by atoms with Gasteiger partial charge in [-0.05, 0) is 26.2 Å². The summed E-state index contributed by atoms with van der Waals surface area (Å²) in [5.74, 6) is 2.60. The van der Waals surface area contributed by atoms with Crippen molar-refractivity contribution in [2.75, 3.05) is 24.6 Å². The van der Waals surface area contributed by atoms with E-state index in [-0.39, 0.29) is 0 Å². The van der Waals surface area contributed by atoms with Crippen LogP contribution in [0.5, 0.6) is 0 Å². The number of hydrogen-bond donors (Lipinski definition) is 1. The van der Waals surface area contributed by atoms with Gasteiger partial charge in [-0.15, -0.1) is 0 Å². The molecule has 0 aliphatic carbocycles. The Morgan fingerprint density at radius 2 is 2.27 bits per heavy atom. The van der Waals surface area contributed by atoms with Crippen molar-refractivity contribution in [1.82, 2.24) is 10.2 Å². The van der Waals surface area contributed by atoms with Crippen molar-refractivity contribution in [2.24, 2.45) is 0 Å². The van der Waals surface area contributed by atoms with E-state index >= 15 is 0 Å². The Kier molecular flexibility index (Phi) is 4.35. The molecule has 0 spiro atoms. The molecule has 3 unspecified atom stereocenters. The fourth-order valence-electron chi connectivity index (χ4n) is 2.88. The van der Waals surface area contributed by atoms with Crippen LogP contribution in [0.4, 0.5) is 0 Å². The molecule has 2 aliphatic rings. The van der Waals surface area contributed by atoms with E-state index in [9.17, 15) is 0 Å². The average Bonchev–Trinajstić information content (AvgIpc) is 2.62. The second kappa shape index (κ2) is 5.55. The predicted molar refractivity (Wildman–Crippen MR) is 68.6 cm³/mol. The molecule has 0 radical (unpaired) electrons. The van der Waals surface area contributed by atoms with Gasteiger partial charge in [0.1, 0.15) is 0 Å². The first kappa shape index (κ1) is 11.7. The summed E-state index contributed by atoms with van der Waals surface area (Å²) in [6.45, 7) is 7.20. The lowest BCUT2D eigenvalue weighted by Gasteiger charge is -2.33. The second-order valence-corrected chi connectivity index (χ2v) is 6.06. The maximum Gasteiger partial charge on any atom is 0.0286 e. The third-order valence-corrected chi connectivity index (χ3v) is 4.98. The fourth-order valence-corrected chi connectivity index (χ4v) is 3.82. The summed E-state index contributed by atoms with van der Waals surface area (Å²) in [4.78, 5) is 2.74. The molecule has 0 bridgehead atoms. The predicted octanol–water partition coefficient (Wildman–Crippen LogP) is 1.95. The molecule has 1 N–H and O–H groups in total. The average molecular weight is 228 g/mol. The summed E-state index contributed by atoms with van der Waals surface area (Å²) < 4.78 is 0. The quantitative estimate of drug-likeness (QED) is 0.795. The van der Waals surface area contributed by atoms with Crippen molar-refractivity contribution >= 4 is 11.8 Å². The summed E-state index contributed by atoms with van der Waals surface area (Å²) in [7, 11) is 0. The fraction of sp³-hybridized carbons (Fsp3) is 1.00. The third kappa shape index (κ3) is 2.89. The number of nitrogens with zero attached hydrogens (tertiary/aromatic N) is 1. The van der Waals surface area contributed by atoms with Gasteiger partial charge in [0.2, 0.25) is 0 Å². The first-order chi connectivity index (χ1) is 7.31. The van der Waals surface area contributed by atoms with Crippen LogP contribution in [0, 0.1) is 0 Å². The van der Waals surface area contributed by atoms with Crippen LogP contribution in [0.2, 0.25) is 0 Å². The van der Waals surface area contributed by atoms with Crippen LogP contribution < -0.4 is 5.32 Å². The zero-order valence-electron chi connectivity index (χ0n) is 10.0. The maximum absolute atomic E-state index is 3.65. The number of nitrogens with one attached hydrogen (secondary N) is 1. The number of rotatable bonds is 3. The molecule has 2 nitrogen and oxygen atoms in total. The second-order valence-electron chi connectivity index (χ2n) is 4.91. The normalized spacial score (nSPS) is 38.4. The Bertz CT molecular complexity index is 192. The number of hydrogen-bond acceptors (Lipinski definition) is 3. The highest BCUT2D eigenvalue weighted by Crippen LogP contribution is 2.26. The number of likely N-dealkylation sites (tertiary alicyclic amines) is 1. The van der Waals surface area contributed by atoms with E-state index in [2.05, 4.69) is 35.8 Å². The zero-order valence-corrected chi connectivity index (χ0v) is 10.9. The standard InChI is InChI=1S/C12H24N2S/c1-3-12-5-4-10(2)14(12)8-11-9-15-7-6-13-11/h10-13H,3-9H2,1-2H3. The van der Waals surface area contributed by atoms with E-state index in [1.54, 1.807) is 0 Å². The molecule has 0 amide bonds. The van der Waals surface area contributed by atoms with Crippen molar-refractivity contribution in [3.05, 3.63) is 0 Å². The van der Waals surface area contributed by atoms with Crippen LogP contribution in [0.3, 0.4) is 0 Å². The first-order valence-electron chi connectivity index (χ1n) is 6.38. The van der Waals surface area contributed by atoms with Crippen molar-refractivity contribution in [3.63, 3.8) is 0 Å². The molecular formula is C12H24N2S. The van der Waals surface area contributed by atoms with E-state index in [0.717, 1.165) is 18.1 Å². The largest absolute Gasteiger partial charge is 0.311 e. The van der Waals surface area contributed by atoms with E-state index in [1.807, 2.05) is 0 Å². The zero-order chi connectivity index (χ0) is 10.7. The van der Waals surface area contributed by atoms with Gasteiger partial charge >= 0.3 is 0 Å². The van der Waals surface area contributed by atoms with E-state index in [0.29, 0.717) is 0 Å². The first-order valence-corrected chi connectivity index (χ1v) is 7.53. The molecule has 2 aliphatic heterocycles. The molecule has 0 aromatic carbocycles. The highest BCUT2D eigenvalue weighted by molar-refractivity contribution is 7.99. The third-order valence-electron chi connectivity index (χ3n) is 3.85. The van der Waals surface area contributed by atoms with Gasteiger partial charge in [-0.1, -0.05) is 6.92 Å². The Hall–Kier alpha value is 0.270. The van der Waals surface area contributed by atoms with Crippen molar-refractivity contribution in [2.45, 2.75) is 51.2 Å². The van der Waals surface area contributed by atoms with Gasteiger partial charge in [0.15, 0.2) is 0 Å². The molecule has 15 heavy (non-hydrogen) atoms. The van der Waals surface area contributed by atoms with Gasteiger partial charge < -0.3 is 5.32 Å². The highest BCUT2D eigenvalue weighted by Gasteiger charge is 2.31. The molecule has 2 fully saturated rings. The minimum Gasteiger partial charge on any atom is -0.311 e. The smallest absolute Gasteiger partial charge is 0.0286 e. The van der Waals surface area contributed by atoms with Crippen molar-refractivity contribution in [1.29, 1.82) is 0 Å². The van der Waals surface area contributed by atoms with Gasteiger partial charge in [-0.3, -0.25) is 4.90 Å². The molecule has 0 aromatic rings. The summed E-state index contributed by atoms with van der Waals surface area (Å²) in [6.07, 6.45) is 4.14. The summed E-state index contributed by atoms with van der Waals surface area (Å²) in [6, 6.07) is 2.40. The topological polar surface area (TPSA) is 15.3 Å². The maximum atomic E-state index is 3.65. The Balaban J connectivity index is 1.85. The molecule has 0 saturated carbocycles. The molecule has 3 atom stereocenters. The lowest BCUT2D eigenvalue weighted by Crippen LogP contribution is -2.48. The van der Waals surface area contributed by atoms with E-state index in [1.165, 1.54) is 43.9 Å². The van der Waals surface area contributed by atoms with Crippen LogP contribution >= 0.6 is 11.8 Å². The minimum atomic E-state index is 0.735. The number of thioether (sulfide) groups is 1. The van der Waals surface area contributed by atoms with Crippen LogP contribution in [0.25, 0.3) is 0 Å². The van der Waals surface area contributed by atoms with Gasteiger partial charge in [-0.2, -0.15) is 11.8 Å². The Labute approximate surface area is 98.2 Å². The van der Waals surface area contributed by atoms with Crippen LogP contribution in [-0.4, -0.2) is 47.6 Å². The molecular weight excluding hydrogens is 204 g/mol. The van der Waals surface area contributed by atoms with Crippen LogP contribution in [0.1, 0.15) is 33.1 Å². The highest BCUT2D eigenvalue weighted by atomic mass is 32.2. The monoisotopic (exact) mass is 228 g/mol. The van der Waals surface area contributed by atoms with Gasteiger partial charge in [0.25, 0.3) is 0 Å². The molecule has 2 saturated heterocycles. The summed E-state index contributed by atoms with van der Waals surface area (Å²) >= 11 is 2.11. The lowest BCUT2D eigenvalue weighted by molar-refractivity contribution is 0.181. The molecule has 3 heteroatoms. The summed E-state index contributed by atoms with van der Waals surface area (Å²) in [5.41, 5.74) is 0. The van der Waals surface area contributed by atoms with E-state index in [4.69, 9.17) is 0 Å². The Morgan fingerprint density at radius 1 is 1.40 bits per heavy atom. The van der Waals surface area contributed by atoms with Crippen molar-refractivity contribution < 1.29 is 0 Å². The van der Waals surface area contributed by atoms with Crippen molar-refractivity contribution in [3.8, 4) is 0 Å². The molecule has 2 heterocycles. The minimum absolute atomic E-state index is 0.735. The molecule has 88 valence electrons. The SMILES string of the molecule is CCC1CCC(C)N1CC1CSCCN1. The van der Waals surface area contributed by atoms with Gasteiger partial charge in [0, 0.05) is 42.7 Å². The molecule has 0 aromatic heterocycles. The Morgan fingerprint density at radius 3 is 2.93 bits per heavy atom. The van der Waals surface area contributed by atoms with Gasteiger partial charge in [0.05, 0.1) is 0 Å². The summed E-state index contributed by atoms with van der Waals surface area (Å²) in [5, 5.41) is 3.65. The lowest BCUT2D eigenvalue weighted by atomic mass is 10.1. The van der Waals surface area contributed by atoms with E-state index < -0.39 is 0 Å².